The van der Waals surface area contributed by atoms with Gasteiger partial charge >= 0.3 is 0 Å². The number of aromatic nitrogens is 1. The minimum Gasteiger partial charge on any atom is -0.508 e. The van der Waals surface area contributed by atoms with Crippen molar-refractivity contribution >= 4 is 23.0 Å². The van der Waals surface area contributed by atoms with Crippen molar-refractivity contribution in [3.8, 4) is 5.75 Å². The van der Waals surface area contributed by atoms with Crippen molar-refractivity contribution in [3.63, 3.8) is 0 Å². The second-order valence-electron chi connectivity index (χ2n) is 4.96. The summed E-state index contributed by atoms with van der Waals surface area (Å²) in [5.41, 5.74) is 5.89. The van der Waals surface area contributed by atoms with E-state index < -0.39 is 0 Å². The Morgan fingerprint density at radius 1 is 1.18 bits per heavy atom. The number of hydrogen-bond donors (Lipinski definition) is 3. The molecule has 5 nitrogen and oxygen atoms in total. The lowest BCUT2D eigenvalue weighted by atomic mass is 10.1. The molecule has 0 atom stereocenters. The Morgan fingerprint density at radius 2 is 1.91 bits per heavy atom. The number of amides is 1. The minimum atomic E-state index is -0.325. The van der Waals surface area contributed by atoms with Crippen LogP contribution in [0.2, 0.25) is 0 Å². The van der Waals surface area contributed by atoms with Crippen molar-refractivity contribution in [2.24, 2.45) is 5.10 Å². The highest BCUT2D eigenvalue weighted by Crippen LogP contribution is 2.19. The van der Waals surface area contributed by atoms with Crippen LogP contribution in [0.5, 0.6) is 5.75 Å². The van der Waals surface area contributed by atoms with E-state index in [9.17, 15) is 9.90 Å². The van der Waals surface area contributed by atoms with E-state index in [2.05, 4.69) is 15.5 Å². The number of aromatic amines is 1. The Bertz CT molecular complexity index is 848. The monoisotopic (exact) mass is 293 g/mol. The van der Waals surface area contributed by atoms with Gasteiger partial charge in [0, 0.05) is 27.7 Å². The summed E-state index contributed by atoms with van der Waals surface area (Å²) in [5.74, 6) is -0.205. The first-order valence-corrected chi connectivity index (χ1v) is 6.85. The average Bonchev–Trinajstić information content (AvgIpc) is 2.84. The van der Waals surface area contributed by atoms with Gasteiger partial charge in [-0.15, -0.1) is 0 Å². The molecule has 22 heavy (non-hydrogen) atoms. The lowest BCUT2D eigenvalue weighted by Crippen LogP contribution is -2.17. The standard InChI is InChI=1S/C17H15N3O2/c1-11-15(14-4-2-3-5-16(14)19-11)10-18-20-17(22)12-6-8-13(21)9-7-12/h2-10,19,21H,1H3,(H,20,22)/b18-10-. The highest BCUT2D eigenvalue weighted by molar-refractivity contribution is 6.01. The number of H-pyrrole nitrogens is 1. The third-order valence-corrected chi connectivity index (χ3v) is 3.43. The second kappa shape index (κ2) is 5.73. The molecule has 0 radical (unpaired) electrons. The van der Waals surface area contributed by atoms with Gasteiger partial charge in [-0.1, -0.05) is 18.2 Å². The number of phenolic OH excluding ortho intramolecular Hbond substituents is 1. The maximum atomic E-state index is 11.9. The summed E-state index contributed by atoms with van der Waals surface area (Å²) < 4.78 is 0. The molecule has 1 aromatic heterocycles. The van der Waals surface area contributed by atoms with Gasteiger partial charge in [-0.2, -0.15) is 5.10 Å². The Kier molecular flexibility index (Phi) is 3.62. The number of aryl methyl sites for hydroxylation is 1. The summed E-state index contributed by atoms with van der Waals surface area (Å²) in [6.45, 7) is 1.96. The topological polar surface area (TPSA) is 77.5 Å². The number of rotatable bonds is 3. The Morgan fingerprint density at radius 3 is 2.68 bits per heavy atom. The van der Waals surface area contributed by atoms with Gasteiger partial charge in [0.25, 0.3) is 5.91 Å². The van der Waals surface area contributed by atoms with Gasteiger partial charge in [0.2, 0.25) is 0 Å². The third-order valence-electron chi connectivity index (χ3n) is 3.43. The van der Waals surface area contributed by atoms with Crippen molar-refractivity contribution < 1.29 is 9.90 Å². The molecule has 110 valence electrons. The summed E-state index contributed by atoms with van der Waals surface area (Å²) in [6.07, 6.45) is 1.63. The predicted octanol–water partition coefficient (Wildman–Crippen LogP) is 2.95. The van der Waals surface area contributed by atoms with Crippen LogP contribution in [0, 0.1) is 6.92 Å². The Labute approximate surface area is 127 Å². The van der Waals surface area contributed by atoms with Gasteiger partial charge < -0.3 is 10.1 Å². The molecule has 0 saturated heterocycles. The minimum absolute atomic E-state index is 0.120. The fourth-order valence-corrected chi connectivity index (χ4v) is 2.30. The first-order valence-electron chi connectivity index (χ1n) is 6.85. The highest BCUT2D eigenvalue weighted by atomic mass is 16.3. The zero-order chi connectivity index (χ0) is 15.5. The summed E-state index contributed by atoms with van der Waals surface area (Å²) >= 11 is 0. The van der Waals surface area contributed by atoms with E-state index >= 15 is 0 Å². The van der Waals surface area contributed by atoms with E-state index in [1.165, 1.54) is 24.3 Å². The number of aromatic hydroxyl groups is 1. The number of nitrogens with one attached hydrogen (secondary N) is 2. The van der Waals surface area contributed by atoms with Crippen LogP contribution >= 0.6 is 0 Å². The number of carbonyl (C=O) groups is 1. The molecule has 0 aliphatic rings. The van der Waals surface area contributed by atoms with Gasteiger partial charge in [0.15, 0.2) is 0 Å². The number of phenols is 1. The predicted molar refractivity (Wildman–Crippen MR) is 86.2 cm³/mol. The summed E-state index contributed by atoms with van der Waals surface area (Å²) in [5, 5.41) is 14.3. The van der Waals surface area contributed by atoms with E-state index in [0.29, 0.717) is 5.56 Å². The van der Waals surface area contributed by atoms with Gasteiger partial charge in [-0.3, -0.25) is 4.79 Å². The van der Waals surface area contributed by atoms with E-state index in [0.717, 1.165) is 22.2 Å². The van der Waals surface area contributed by atoms with E-state index in [-0.39, 0.29) is 11.7 Å². The van der Waals surface area contributed by atoms with Crippen molar-refractivity contribution in [1.82, 2.24) is 10.4 Å². The number of nitrogens with zero attached hydrogens (tertiary/aromatic N) is 1. The van der Waals surface area contributed by atoms with Crippen LogP contribution in [0.15, 0.2) is 53.6 Å². The molecule has 0 aliphatic heterocycles. The van der Waals surface area contributed by atoms with Crippen LogP contribution < -0.4 is 5.43 Å². The SMILES string of the molecule is Cc1[nH]c2ccccc2c1/C=N\NC(=O)c1ccc(O)cc1. The zero-order valence-electron chi connectivity index (χ0n) is 12.0. The second-order valence-corrected chi connectivity index (χ2v) is 4.96. The van der Waals surface area contributed by atoms with Crippen LogP contribution in [0.1, 0.15) is 21.6 Å². The van der Waals surface area contributed by atoms with Crippen LogP contribution in [0.4, 0.5) is 0 Å². The number of para-hydroxylation sites is 1. The normalized spacial score (nSPS) is 11.1. The molecule has 1 heterocycles. The molecule has 0 unspecified atom stereocenters. The van der Waals surface area contributed by atoms with Crippen LogP contribution in [0.25, 0.3) is 10.9 Å². The number of carbonyl (C=O) groups excluding carboxylic acids is 1. The highest BCUT2D eigenvalue weighted by Gasteiger charge is 2.06. The molecule has 3 rings (SSSR count). The molecule has 0 fully saturated rings. The van der Waals surface area contributed by atoms with Gasteiger partial charge in [-0.25, -0.2) is 5.43 Å². The Hall–Kier alpha value is -3.08. The van der Waals surface area contributed by atoms with Crippen molar-refractivity contribution in [2.45, 2.75) is 6.92 Å². The summed E-state index contributed by atoms with van der Waals surface area (Å²) in [4.78, 5) is 15.2. The van der Waals surface area contributed by atoms with Gasteiger partial charge in [0.05, 0.1) is 6.21 Å². The van der Waals surface area contributed by atoms with Crippen molar-refractivity contribution in [3.05, 3.63) is 65.4 Å². The van der Waals surface area contributed by atoms with E-state index in [4.69, 9.17) is 0 Å². The number of fused-ring (bicyclic) bond motifs is 1. The van der Waals surface area contributed by atoms with Crippen LogP contribution in [-0.2, 0) is 0 Å². The molecule has 1 amide bonds. The van der Waals surface area contributed by atoms with Crippen LogP contribution in [0.3, 0.4) is 0 Å². The lowest BCUT2D eigenvalue weighted by molar-refractivity contribution is 0.0955. The molecule has 0 spiro atoms. The van der Waals surface area contributed by atoms with E-state index in [1.54, 1.807) is 6.21 Å². The zero-order valence-corrected chi connectivity index (χ0v) is 12.0. The van der Waals surface area contributed by atoms with Gasteiger partial charge in [-0.05, 0) is 37.3 Å². The molecule has 5 heteroatoms. The number of hydrogen-bond acceptors (Lipinski definition) is 3. The average molecular weight is 293 g/mol. The maximum Gasteiger partial charge on any atom is 0.271 e. The Balaban J connectivity index is 1.77. The largest absolute Gasteiger partial charge is 0.508 e. The number of benzene rings is 2. The smallest absolute Gasteiger partial charge is 0.271 e. The van der Waals surface area contributed by atoms with Crippen molar-refractivity contribution in [1.29, 1.82) is 0 Å². The third kappa shape index (κ3) is 2.69. The lowest BCUT2D eigenvalue weighted by Gasteiger charge is -2.00. The summed E-state index contributed by atoms with van der Waals surface area (Å²) in [7, 11) is 0. The quantitative estimate of drug-likeness (QED) is 0.513. The summed E-state index contributed by atoms with van der Waals surface area (Å²) in [6, 6.07) is 13.9. The van der Waals surface area contributed by atoms with E-state index in [1.807, 2.05) is 31.2 Å². The molecule has 0 bridgehead atoms. The fraction of sp³-hybridized carbons (Fsp3) is 0.0588. The maximum absolute atomic E-state index is 11.9. The molecule has 0 aliphatic carbocycles. The molecule has 3 aromatic rings. The molecular weight excluding hydrogens is 278 g/mol. The molecular formula is C17H15N3O2. The fourth-order valence-electron chi connectivity index (χ4n) is 2.30. The number of hydrazone groups is 1. The first kappa shape index (κ1) is 13.9. The van der Waals surface area contributed by atoms with Crippen LogP contribution in [-0.4, -0.2) is 22.2 Å². The van der Waals surface area contributed by atoms with Gasteiger partial charge in [0.1, 0.15) is 5.75 Å². The molecule has 0 saturated carbocycles. The molecule has 3 N–H and O–H groups in total. The van der Waals surface area contributed by atoms with Crippen molar-refractivity contribution in [2.75, 3.05) is 0 Å². The molecule has 2 aromatic carbocycles. The first-order chi connectivity index (χ1) is 10.6.